The van der Waals surface area contributed by atoms with E-state index in [0.29, 0.717) is 31.2 Å². The van der Waals surface area contributed by atoms with E-state index in [1.807, 2.05) is 12.1 Å². The number of carbonyl (C=O) groups is 2. The van der Waals surface area contributed by atoms with E-state index in [0.717, 1.165) is 80.2 Å². The number of unbranched alkanes of at least 4 members (excludes halogenated alkanes) is 2. The standard InChI is InChI=1S/C38H63N3O7S/c1-8-9-10-13-28(42)15-16-29-30-19-26-12-11-14-32(47-22-34(43)44)31(26)20-27(30)21-33(29)48-25-41(46)38(6,7)35(45)40-18-17-39-24-36(2,3)23-37(4,5)49/h11-12,14,27-30,33,39,42H,8-10,13,15-25H2,1-7H3,(H2-,40,43,44,45,49)/p+1. The van der Waals surface area contributed by atoms with Gasteiger partial charge in [-0.15, -0.1) is 0 Å². The van der Waals surface area contributed by atoms with Crippen LogP contribution in [0.25, 0.3) is 0 Å². The minimum absolute atomic E-state index is 0.0552. The molecular weight excluding hydrogens is 642 g/mol. The molecule has 1 fully saturated rings. The van der Waals surface area contributed by atoms with Crippen LogP contribution in [0.4, 0.5) is 0 Å². The van der Waals surface area contributed by atoms with Gasteiger partial charge >= 0.3 is 5.97 Å². The number of hydrogen-bond acceptors (Lipinski definition) is 8. The van der Waals surface area contributed by atoms with E-state index in [9.17, 15) is 19.6 Å². The van der Waals surface area contributed by atoms with Gasteiger partial charge in [0, 0.05) is 47.9 Å². The van der Waals surface area contributed by atoms with E-state index < -0.39 is 11.5 Å². The average molecular weight is 707 g/mol. The first-order valence-electron chi connectivity index (χ1n) is 18.3. The number of ether oxygens (including phenoxy) is 2. The van der Waals surface area contributed by atoms with E-state index in [-0.39, 0.29) is 53.5 Å². The van der Waals surface area contributed by atoms with Crippen LogP contribution in [0.3, 0.4) is 0 Å². The topological polar surface area (TPSA) is 137 Å². The van der Waals surface area contributed by atoms with Crippen molar-refractivity contribution in [1.29, 1.82) is 0 Å². The van der Waals surface area contributed by atoms with Gasteiger partial charge < -0.3 is 30.3 Å². The Hall–Kier alpha value is -2.21. The number of thiol groups is 1. The lowest BCUT2D eigenvalue weighted by Gasteiger charge is -2.33. The third-order valence-corrected chi connectivity index (χ3v) is 10.5. The number of carboxylic acid groups (broad SMARTS) is 1. The van der Waals surface area contributed by atoms with Crippen LogP contribution in [-0.4, -0.2) is 82.3 Å². The molecule has 1 saturated carbocycles. The van der Waals surface area contributed by atoms with Gasteiger partial charge in [0.15, 0.2) is 6.61 Å². The van der Waals surface area contributed by atoms with Gasteiger partial charge in [-0.25, -0.2) is 4.79 Å². The molecule has 4 N–H and O–H groups in total. The number of hydrogen-bond donors (Lipinski definition) is 5. The second kappa shape index (κ2) is 18.3. The minimum atomic E-state index is -1.32. The van der Waals surface area contributed by atoms with Gasteiger partial charge in [0.2, 0.25) is 0 Å². The summed E-state index contributed by atoms with van der Waals surface area (Å²) in [7, 11) is 0. The molecule has 5 unspecified atom stereocenters. The van der Waals surface area contributed by atoms with Gasteiger partial charge in [-0.2, -0.15) is 12.6 Å². The van der Waals surface area contributed by atoms with Crippen molar-refractivity contribution in [3.8, 4) is 5.75 Å². The number of carboxylic acids is 1. The summed E-state index contributed by atoms with van der Waals surface area (Å²) in [6, 6.07) is 5.83. The number of benzene rings is 1. The van der Waals surface area contributed by atoms with E-state index in [2.05, 4.69) is 63.9 Å². The molecule has 0 spiro atoms. The third kappa shape index (κ3) is 12.8. The molecule has 0 radical (unpaired) electrons. The van der Waals surface area contributed by atoms with Crippen molar-refractivity contribution in [2.75, 3.05) is 33.0 Å². The van der Waals surface area contributed by atoms with Crippen LogP contribution in [0.1, 0.15) is 111 Å². The van der Waals surface area contributed by atoms with Crippen molar-refractivity contribution in [2.24, 2.45) is 23.2 Å². The lowest BCUT2D eigenvalue weighted by molar-refractivity contribution is -0.639. The second-order valence-corrected chi connectivity index (χ2v) is 17.6. The van der Waals surface area contributed by atoms with Crippen molar-refractivity contribution in [3.05, 3.63) is 34.2 Å². The molecule has 1 aromatic rings. The molecule has 49 heavy (non-hydrogen) atoms. The number of aliphatic hydroxyl groups is 1. The van der Waals surface area contributed by atoms with Crippen molar-refractivity contribution < 1.29 is 34.0 Å². The molecule has 0 saturated heterocycles. The van der Waals surface area contributed by atoms with Crippen LogP contribution in [-0.2, 0) is 27.2 Å². The first-order chi connectivity index (χ1) is 22.9. The van der Waals surface area contributed by atoms with Crippen LogP contribution in [0, 0.1) is 28.1 Å². The van der Waals surface area contributed by atoms with Crippen molar-refractivity contribution >= 4 is 24.5 Å². The normalized spacial score (nSPS) is 21.5. The molecule has 278 valence electrons. The number of rotatable bonds is 22. The number of amides is 1. The summed E-state index contributed by atoms with van der Waals surface area (Å²) in [5, 5.41) is 26.3. The molecule has 5 atom stereocenters. The number of nitrogens with zero attached hydrogens (tertiary/aromatic N) is 1. The molecule has 2 aliphatic rings. The summed E-state index contributed by atoms with van der Waals surface area (Å²) in [5.41, 5.74) is 0.943. The molecule has 0 bridgehead atoms. The van der Waals surface area contributed by atoms with Gasteiger partial charge in [0.1, 0.15) is 5.75 Å². The van der Waals surface area contributed by atoms with Crippen LogP contribution >= 0.6 is 12.6 Å². The van der Waals surface area contributed by atoms with Crippen molar-refractivity contribution in [2.45, 2.75) is 135 Å². The smallest absolute Gasteiger partial charge is 0.341 e. The molecule has 10 nitrogen and oxygen atoms in total. The van der Waals surface area contributed by atoms with Crippen LogP contribution in [0.15, 0.2) is 18.2 Å². The van der Waals surface area contributed by atoms with Crippen LogP contribution in [0.2, 0.25) is 0 Å². The Morgan fingerprint density at radius 1 is 1.08 bits per heavy atom. The van der Waals surface area contributed by atoms with Gasteiger partial charge in [-0.1, -0.05) is 66.0 Å². The number of nitroso groups, excluding NO2 is 1. The molecule has 0 aliphatic heterocycles. The molecule has 11 heteroatoms. The maximum Gasteiger partial charge on any atom is 0.341 e. The van der Waals surface area contributed by atoms with Gasteiger partial charge in [-0.3, -0.25) is 4.79 Å². The quantitative estimate of drug-likeness (QED) is 0.0432. The molecule has 1 aromatic carbocycles. The van der Waals surface area contributed by atoms with Gasteiger partial charge in [-0.05, 0) is 85.3 Å². The fraction of sp³-hybridized carbons (Fsp3) is 0.789. The lowest BCUT2D eigenvalue weighted by atomic mass is 9.73. The zero-order valence-electron chi connectivity index (χ0n) is 31.1. The maximum absolute atomic E-state index is 13.4. The van der Waals surface area contributed by atoms with Crippen molar-refractivity contribution in [3.63, 3.8) is 0 Å². The third-order valence-electron chi connectivity index (χ3n) is 10.3. The zero-order chi connectivity index (χ0) is 36.4. The highest BCUT2D eigenvalue weighted by atomic mass is 32.1. The maximum atomic E-state index is 13.4. The molecule has 1 amide bonds. The van der Waals surface area contributed by atoms with Crippen LogP contribution in [0.5, 0.6) is 5.75 Å². The van der Waals surface area contributed by atoms with Gasteiger partial charge in [0.25, 0.3) is 18.2 Å². The lowest BCUT2D eigenvalue weighted by Crippen LogP contribution is -2.52. The molecule has 0 aromatic heterocycles. The Balaban J connectivity index is 1.61. The van der Waals surface area contributed by atoms with Crippen LogP contribution < -0.4 is 15.4 Å². The molecule has 2 aliphatic carbocycles. The number of nitrogens with one attached hydrogen (secondary N) is 2. The summed E-state index contributed by atoms with van der Waals surface area (Å²) in [6.45, 7) is 15.2. The fourth-order valence-corrected chi connectivity index (χ4v) is 8.41. The molecular formula is C38H64N3O7S+. The Kier molecular flexibility index (Phi) is 15.4. The Labute approximate surface area is 299 Å². The first-order valence-corrected chi connectivity index (χ1v) is 18.8. The summed E-state index contributed by atoms with van der Waals surface area (Å²) < 4.78 is 12.7. The first kappa shape index (κ1) is 41.2. The summed E-state index contributed by atoms with van der Waals surface area (Å²) in [5.74, 6) is -0.00703. The highest BCUT2D eigenvalue weighted by Crippen LogP contribution is 2.49. The molecule has 3 rings (SSSR count). The SMILES string of the molecule is CCCCCC(O)CCC1C(OC[N+](=O)C(C)(C)C(=O)NCCNCC(C)(C)CC(C)(C)S)CC2Cc3c(cccc3OCC(=O)O)CC21. The number of aliphatic hydroxyl groups excluding tert-OH is 1. The van der Waals surface area contributed by atoms with Crippen molar-refractivity contribution in [1.82, 2.24) is 10.6 Å². The highest BCUT2D eigenvalue weighted by molar-refractivity contribution is 7.81. The number of fused-ring (bicyclic) bond motifs is 2. The predicted octanol–water partition coefficient (Wildman–Crippen LogP) is 5.95. The number of aliphatic carboxylic acids is 1. The van der Waals surface area contributed by atoms with Gasteiger partial charge in [0.05, 0.1) is 12.2 Å². The van der Waals surface area contributed by atoms with E-state index in [1.54, 1.807) is 13.8 Å². The Morgan fingerprint density at radius 3 is 2.49 bits per heavy atom. The molecule has 0 heterocycles. The summed E-state index contributed by atoms with van der Waals surface area (Å²) >= 11 is 4.66. The fourth-order valence-electron chi connectivity index (χ4n) is 7.98. The largest absolute Gasteiger partial charge is 0.482 e. The number of carbonyl (C=O) groups excluding carboxylic acids is 1. The summed E-state index contributed by atoms with van der Waals surface area (Å²) in [6.07, 6.45) is 8.17. The Bertz CT molecular complexity index is 1250. The Morgan fingerprint density at radius 2 is 1.82 bits per heavy atom. The van der Waals surface area contributed by atoms with E-state index in [4.69, 9.17) is 14.6 Å². The second-order valence-electron chi connectivity index (χ2n) is 16.4. The zero-order valence-corrected chi connectivity index (χ0v) is 31.9. The average Bonchev–Trinajstić information content (AvgIpc) is 3.34. The summed E-state index contributed by atoms with van der Waals surface area (Å²) in [4.78, 5) is 37.7. The highest BCUT2D eigenvalue weighted by Gasteiger charge is 2.48. The monoisotopic (exact) mass is 706 g/mol. The van der Waals surface area contributed by atoms with E-state index in [1.165, 1.54) is 0 Å². The predicted molar refractivity (Wildman–Crippen MR) is 196 cm³/mol. The van der Waals surface area contributed by atoms with E-state index >= 15 is 0 Å². The minimum Gasteiger partial charge on any atom is -0.482 e.